The van der Waals surface area contributed by atoms with E-state index in [0.717, 1.165) is 0 Å². The standard InChI is InChI=1S/C6H14O.C5H12NO.3HI.V.Y/c1-5(7)6(2,3)4;1-4(7)5(2,3)6;;;;;/h5,7H,1-4H3;4,6-7H,1-3H3;3*1H;;/q;-1;;;;+3;/p-3. The first-order valence-corrected chi connectivity index (χ1v) is 19.0. The molecule has 0 saturated carbocycles. The van der Waals surface area contributed by atoms with E-state index in [9.17, 15) is 0 Å². The fraction of sp³-hybridized carbons (Fsp3) is 1.00. The topological polar surface area (TPSA) is 64.3 Å². The van der Waals surface area contributed by atoms with Gasteiger partial charge in [-0.15, -0.1) is 5.54 Å². The van der Waals surface area contributed by atoms with E-state index in [1.807, 2.05) is 20.8 Å². The van der Waals surface area contributed by atoms with Crippen molar-refractivity contribution in [2.45, 2.75) is 66.2 Å². The average Bonchev–Trinajstić information content (AvgIpc) is 1.99. The Kier molecular flexibility index (Phi) is 24.6. The molecule has 2 atom stereocenters. The molecule has 3 N–H and O–H groups in total. The Morgan fingerprint density at radius 3 is 1.00 bits per heavy atom. The third-order valence-corrected chi connectivity index (χ3v) is 2.30. The van der Waals surface area contributed by atoms with Crippen LogP contribution in [0.25, 0.3) is 5.73 Å². The molecule has 8 heteroatoms. The average molecular weight is 725 g/mol. The summed E-state index contributed by atoms with van der Waals surface area (Å²) in [5.41, 5.74) is 6.50. The van der Waals surface area contributed by atoms with Gasteiger partial charge in [0.1, 0.15) is 0 Å². The third-order valence-electron chi connectivity index (χ3n) is 2.30. The van der Waals surface area contributed by atoms with E-state index < -0.39 is 11.6 Å². The molecule has 0 aliphatic carbocycles. The van der Waals surface area contributed by atoms with E-state index in [0.29, 0.717) is 0 Å². The van der Waals surface area contributed by atoms with Crippen molar-refractivity contribution in [3.05, 3.63) is 5.73 Å². The molecule has 0 aromatic heterocycles. The minimum absolute atomic E-state index is 0. The van der Waals surface area contributed by atoms with Gasteiger partial charge in [0, 0.05) is 38.8 Å². The predicted octanol–water partition coefficient (Wildman–Crippen LogP) is 5.26. The van der Waals surface area contributed by atoms with Gasteiger partial charge in [0.05, 0.1) is 6.10 Å². The van der Waals surface area contributed by atoms with E-state index >= 15 is 0 Å². The Morgan fingerprint density at radius 1 is 0.895 bits per heavy atom. The Bertz CT molecular complexity index is 175. The van der Waals surface area contributed by atoms with Crippen LogP contribution in [0, 0.1) is 5.41 Å². The maximum absolute atomic E-state index is 8.89. The molecule has 0 rings (SSSR count). The van der Waals surface area contributed by atoms with Crippen LogP contribution in [0.1, 0.15) is 48.5 Å². The van der Waals surface area contributed by atoms with Crippen LogP contribution in [-0.4, -0.2) is 28.0 Å². The van der Waals surface area contributed by atoms with Gasteiger partial charge >= 0.3 is 64.9 Å². The van der Waals surface area contributed by atoms with Gasteiger partial charge in [-0.25, -0.2) is 0 Å². The molecule has 117 valence electrons. The third kappa shape index (κ3) is 34.2. The Balaban J connectivity index is -0.0000000900. The van der Waals surface area contributed by atoms with E-state index in [4.69, 9.17) is 15.9 Å². The molecule has 3 nitrogen and oxygen atoms in total. The van der Waals surface area contributed by atoms with Crippen molar-refractivity contribution in [3.63, 3.8) is 0 Å². The fourth-order valence-corrected chi connectivity index (χ4v) is 0. The summed E-state index contributed by atoms with van der Waals surface area (Å²) in [6, 6.07) is 0. The SMILES string of the molecule is CC(O)C(C)(C)C.CC(O)C(C)(C)[NH-].[I][V]([I])[I].[Y]. The van der Waals surface area contributed by atoms with Gasteiger partial charge < -0.3 is 15.9 Å². The van der Waals surface area contributed by atoms with Crippen LogP contribution >= 0.6 is 59.9 Å². The molecular formula is C11H26I3NO2VY-. The monoisotopic (exact) mass is 725 g/mol. The van der Waals surface area contributed by atoms with Crippen molar-refractivity contribution in [2.24, 2.45) is 5.41 Å². The molecule has 1 radical (unpaired) electrons. The van der Waals surface area contributed by atoms with E-state index in [2.05, 4.69) is 59.9 Å². The summed E-state index contributed by atoms with van der Waals surface area (Å²) in [6.07, 6.45) is -0.736. The maximum atomic E-state index is 8.89. The summed E-state index contributed by atoms with van der Waals surface area (Å²) in [5, 5.41) is 17.6. The number of aliphatic hydroxyl groups is 2. The smallest absolute Gasteiger partial charge is 0 e. The van der Waals surface area contributed by atoms with Crippen LogP contribution in [0.4, 0.5) is 0 Å². The second-order valence-electron chi connectivity index (χ2n) is 5.63. The Morgan fingerprint density at radius 2 is 1.00 bits per heavy atom. The van der Waals surface area contributed by atoms with E-state index in [1.165, 1.54) is 0 Å². The second-order valence-corrected chi connectivity index (χ2v) is 41.0. The largest absolute Gasteiger partial charge is 0 e. The first kappa shape index (κ1) is 30.6. The zero-order chi connectivity index (χ0) is 15.7. The predicted molar refractivity (Wildman–Crippen MR) is 103 cm³/mol. The number of nitrogens with one attached hydrogen (secondary N) is 1. The van der Waals surface area contributed by atoms with Crippen molar-refractivity contribution in [3.8, 4) is 0 Å². The molecule has 0 aromatic carbocycles. The minimum Gasteiger partial charge on any atom is 0 e. The number of hydrogen-bond acceptors (Lipinski definition) is 2. The number of hydrogen-bond donors (Lipinski definition) is 2. The summed E-state index contributed by atoms with van der Waals surface area (Å²) in [6.45, 7) is 12.8. The number of halogens is 3. The first-order chi connectivity index (χ1) is 7.62. The Labute approximate surface area is 182 Å². The van der Waals surface area contributed by atoms with Crippen LogP contribution in [0.5, 0.6) is 0 Å². The van der Waals surface area contributed by atoms with Crippen LogP contribution in [0.3, 0.4) is 0 Å². The van der Waals surface area contributed by atoms with Gasteiger partial charge in [-0.05, 0) is 19.3 Å². The normalized spacial score (nSPS) is 14.2. The summed E-state index contributed by atoms with van der Waals surface area (Å²) < 4.78 is 0. The zero-order valence-corrected chi connectivity index (χ0v) is 23.4. The van der Waals surface area contributed by atoms with Crippen molar-refractivity contribution >= 4 is 59.9 Å². The van der Waals surface area contributed by atoms with Crippen molar-refractivity contribution in [1.29, 1.82) is 0 Å². The van der Waals surface area contributed by atoms with Gasteiger partial charge in [-0.2, -0.15) is 0 Å². The molecule has 0 bridgehead atoms. The summed E-state index contributed by atoms with van der Waals surface area (Å²) >= 11 is 7.39. The van der Waals surface area contributed by atoms with Gasteiger partial charge in [-0.1, -0.05) is 34.6 Å². The number of rotatable bonds is 1. The van der Waals surface area contributed by atoms with Gasteiger partial charge in [0.25, 0.3) is 0 Å². The molecular weight excluding hydrogens is 699 g/mol. The quantitative estimate of drug-likeness (QED) is 0.363. The van der Waals surface area contributed by atoms with E-state index in [1.54, 1.807) is 27.7 Å². The molecule has 0 amide bonds. The molecule has 0 aliphatic rings. The summed E-state index contributed by atoms with van der Waals surface area (Å²) in [4.78, 5) is -0.278. The molecule has 0 heterocycles. The van der Waals surface area contributed by atoms with Crippen LogP contribution in [-0.2, 0) is 37.6 Å². The van der Waals surface area contributed by atoms with Gasteiger partial charge in [0.2, 0.25) is 0 Å². The molecule has 0 aliphatic heterocycles. The summed E-state index contributed by atoms with van der Waals surface area (Å²) in [5.74, 6) is 0. The first-order valence-electron chi connectivity index (χ1n) is 5.51. The van der Waals surface area contributed by atoms with Crippen LogP contribution in [0.2, 0.25) is 0 Å². The maximum Gasteiger partial charge on any atom is 0 e. The second kappa shape index (κ2) is 15.3. The Hall–Kier alpha value is 3.76. The fourth-order valence-electron chi connectivity index (χ4n) is 0. The minimum atomic E-state index is -0.694. The van der Waals surface area contributed by atoms with Crippen molar-refractivity contribution < 1.29 is 47.8 Å². The van der Waals surface area contributed by atoms with Crippen molar-refractivity contribution in [2.75, 3.05) is 0 Å². The molecule has 0 spiro atoms. The molecule has 19 heavy (non-hydrogen) atoms. The molecule has 0 saturated heterocycles. The van der Waals surface area contributed by atoms with Crippen molar-refractivity contribution in [1.82, 2.24) is 0 Å². The van der Waals surface area contributed by atoms with Crippen LogP contribution in [0.15, 0.2) is 0 Å². The zero-order valence-electron chi connectivity index (χ0n) is 12.7. The number of aliphatic hydroxyl groups excluding tert-OH is 2. The van der Waals surface area contributed by atoms with E-state index in [-0.39, 0.29) is 49.1 Å². The van der Waals surface area contributed by atoms with Gasteiger partial charge in [-0.3, -0.25) is 0 Å². The van der Waals surface area contributed by atoms with Gasteiger partial charge in [0.15, 0.2) is 0 Å². The molecule has 0 aromatic rings. The molecule has 0 fully saturated rings. The van der Waals surface area contributed by atoms with Crippen LogP contribution < -0.4 is 0 Å². The molecule has 2 unspecified atom stereocenters. The summed E-state index contributed by atoms with van der Waals surface area (Å²) in [7, 11) is 0.